The number of esters is 4. The molecule has 0 rings (SSSR count). The van der Waals surface area contributed by atoms with Gasteiger partial charge >= 0.3 is 39.5 Å². The fourth-order valence-corrected chi connectivity index (χ4v) is 12.0. The fraction of sp³-hybridized carbons (Fsp3) is 0.942. The lowest BCUT2D eigenvalue weighted by atomic mass is 10.0. The zero-order chi connectivity index (χ0) is 64.9. The van der Waals surface area contributed by atoms with E-state index in [1.165, 1.54) is 173 Å². The highest BCUT2D eigenvalue weighted by Gasteiger charge is 2.30. The van der Waals surface area contributed by atoms with Gasteiger partial charge in [0.1, 0.15) is 19.3 Å². The molecule has 0 aromatic heterocycles. The summed E-state index contributed by atoms with van der Waals surface area (Å²) in [7, 11) is -9.88. The first-order chi connectivity index (χ1) is 42.5. The third-order valence-corrected chi connectivity index (χ3v) is 17.9. The summed E-state index contributed by atoms with van der Waals surface area (Å²) in [5.74, 6) is -1.47. The van der Waals surface area contributed by atoms with Crippen molar-refractivity contribution >= 4 is 39.5 Å². The van der Waals surface area contributed by atoms with Crippen LogP contribution in [-0.2, 0) is 65.4 Å². The molecule has 0 radical (unpaired) electrons. The second kappa shape index (κ2) is 62.5. The second-order valence-electron chi connectivity index (χ2n) is 25.4. The van der Waals surface area contributed by atoms with Gasteiger partial charge in [0, 0.05) is 25.7 Å². The molecule has 17 nitrogen and oxygen atoms in total. The second-order valence-corrected chi connectivity index (χ2v) is 28.3. The van der Waals surface area contributed by atoms with Gasteiger partial charge in [-0.25, -0.2) is 9.13 Å². The van der Waals surface area contributed by atoms with Gasteiger partial charge in [0.15, 0.2) is 12.2 Å². The van der Waals surface area contributed by atoms with Crippen molar-refractivity contribution in [1.82, 2.24) is 0 Å². The molecular weight excluding hydrogens is 1160 g/mol. The van der Waals surface area contributed by atoms with E-state index in [0.717, 1.165) is 96.3 Å². The Morgan fingerprint density at radius 3 is 0.773 bits per heavy atom. The normalized spacial score (nSPS) is 14.1. The van der Waals surface area contributed by atoms with Gasteiger partial charge in [0.05, 0.1) is 26.4 Å². The van der Waals surface area contributed by atoms with Crippen molar-refractivity contribution in [3.63, 3.8) is 0 Å². The Bertz CT molecular complexity index is 1700. The minimum Gasteiger partial charge on any atom is -0.462 e. The van der Waals surface area contributed by atoms with Crippen LogP contribution in [0.5, 0.6) is 0 Å². The monoisotopic (exact) mass is 1300 g/mol. The van der Waals surface area contributed by atoms with Crippen molar-refractivity contribution in [3.05, 3.63) is 0 Å². The number of aliphatic hydroxyl groups is 1. The molecule has 0 saturated heterocycles. The summed E-state index contributed by atoms with van der Waals surface area (Å²) in [4.78, 5) is 72.1. The lowest BCUT2D eigenvalue weighted by molar-refractivity contribution is -0.161. The topological polar surface area (TPSA) is 237 Å². The standard InChI is InChI=1S/C69H134O17P2/c1-6-9-12-15-17-19-21-23-24-25-26-27-28-29-30-32-34-36-38-44-49-54-68(73)85-65(59-80-67(72)53-48-43-37-35-33-31-22-20-18-16-13-10-7-2)61-84-88(77,78)82-57-63(70)56-81-87(75,76)83-60-64(58-79-66(71)52-47-41-14-11-8-3)86-69(74)55-50-45-40-39-42-46-51-62(4)5/h62-65,70H,6-61H2,1-5H3,(H,75,76)(H,77,78)/t63-,64+,65+/m0/s1. The van der Waals surface area contributed by atoms with E-state index >= 15 is 0 Å². The summed E-state index contributed by atoms with van der Waals surface area (Å²) in [6, 6.07) is 0. The van der Waals surface area contributed by atoms with E-state index in [4.69, 9.17) is 37.0 Å². The van der Waals surface area contributed by atoms with E-state index in [-0.39, 0.29) is 25.7 Å². The quantitative estimate of drug-likeness (QED) is 0.0222. The summed E-state index contributed by atoms with van der Waals surface area (Å²) in [5.41, 5.74) is 0. The van der Waals surface area contributed by atoms with Crippen LogP contribution < -0.4 is 0 Å². The van der Waals surface area contributed by atoms with Crippen molar-refractivity contribution in [2.45, 2.75) is 374 Å². The average Bonchev–Trinajstić information content (AvgIpc) is 3.53. The molecule has 0 amide bonds. The van der Waals surface area contributed by atoms with E-state index in [0.29, 0.717) is 31.6 Å². The summed E-state index contributed by atoms with van der Waals surface area (Å²) in [5, 5.41) is 10.5. The fourth-order valence-electron chi connectivity index (χ4n) is 10.5. The smallest absolute Gasteiger partial charge is 0.462 e. The van der Waals surface area contributed by atoms with Crippen molar-refractivity contribution in [2.75, 3.05) is 39.6 Å². The summed E-state index contributed by atoms with van der Waals surface area (Å²) in [6.45, 7) is 7.05. The molecule has 0 heterocycles. The first kappa shape index (κ1) is 86.1. The summed E-state index contributed by atoms with van der Waals surface area (Å²) < 4.78 is 67.9. The number of phosphoric ester groups is 2. The molecule has 0 bridgehead atoms. The Morgan fingerprint density at radius 2 is 0.523 bits per heavy atom. The molecule has 5 atom stereocenters. The number of phosphoric acid groups is 2. The van der Waals surface area contributed by atoms with Gasteiger partial charge in [0.25, 0.3) is 0 Å². The minimum absolute atomic E-state index is 0.101. The number of carbonyl (C=O) groups excluding carboxylic acids is 4. The zero-order valence-corrected chi connectivity index (χ0v) is 58.6. The van der Waals surface area contributed by atoms with Crippen LogP contribution in [0.1, 0.15) is 356 Å². The number of hydrogen-bond donors (Lipinski definition) is 3. The number of rotatable bonds is 69. The molecule has 0 aromatic rings. The predicted octanol–water partition coefficient (Wildman–Crippen LogP) is 19.7. The van der Waals surface area contributed by atoms with Crippen LogP contribution in [0.2, 0.25) is 0 Å². The summed E-state index contributed by atoms with van der Waals surface area (Å²) in [6.07, 6.45) is 49.3. The predicted molar refractivity (Wildman–Crippen MR) is 354 cm³/mol. The van der Waals surface area contributed by atoms with Gasteiger partial charge in [-0.15, -0.1) is 0 Å². The maximum Gasteiger partial charge on any atom is 0.472 e. The first-order valence-electron chi connectivity index (χ1n) is 36.1. The molecule has 2 unspecified atom stereocenters. The Hall–Kier alpha value is -1.94. The van der Waals surface area contributed by atoms with Crippen LogP contribution in [0.25, 0.3) is 0 Å². The minimum atomic E-state index is -4.95. The van der Waals surface area contributed by atoms with E-state index < -0.39 is 97.5 Å². The summed E-state index contributed by atoms with van der Waals surface area (Å²) >= 11 is 0. The molecule has 0 fully saturated rings. The van der Waals surface area contributed by atoms with Gasteiger partial charge < -0.3 is 33.8 Å². The largest absolute Gasteiger partial charge is 0.472 e. The molecule has 0 aliphatic carbocycles. The van der Waals surface area contributed by atoms with E-state index in [1.54, 1.807) is 0 Å². The Labute approximate surface area is 537 Å². The molecule has 522 valence electrons. The molecule has 0 aromatic carbocycles. The van der Waals surface area contributed by atoms with Crippen LogP contribution in [0.15, 0.2) is 0 Å². The Balaban J connectivity index is 5.10. The van der Waals surface area contributed by atoms with Gasteiger partial charge in [-0.3, -0.25) is 37.3 Å². The van der Waals surface area contributed by atoms with Crippen molar-refractivity contribution in [3.8, 4) is 0 Å². The SMILES string of the molecule is CCCCCCCCCCCCCCCCCCCCCCCC(=O)O[C@H](COC(=O)CCCCCCCCCCCCCCC)COP(=O)(O)OC[C@@H](O)COP(=O)(O)OC[C@@H](COC(=O)CCCCCCC)OC(=O)CCCCCCCCC(C)C. The maximum absolute atomic E-state index is 13.0. The maximum atomic E-state index is 13.0. The van der Waals surface area contributed by atoms with Crippen LogP contribution >= 0.6 is 15.6 Å². The molecule has 0 aliphatic heterocycles. The van der Waals surface area contributed by atoms with Crippen molar-refractivity contribution < 1.29 is 80.2 Å². The Kier molecular flexibility index (Phi) is 61.1. The molecule has 0 aliphatic rings. The van der Waals surface area contributed by atoms with Gasteiger partial charge in [-0.2, -0.15) is 0 Å². The van der Waals surface area contributed by atoms with E-state index in [2.05, 4.69) is 34.6 Å². The van der Waals surface area contributed by atoms with E-state index in [9.17, 15) is 43.2 Å². The highest BCUT2D eigenvalue weighted by Crippen LogP contribution is 2.45. The lowest BCUT2D eigenvalue weighted by Gasteiger charge is -2.21. The van der Waals surface area contributed by atoms with Crippen LogP contribution in [0, 0.1) is 5.92 Å². The molecule has 0 saturated carbocycles. The number of hydrogen-bond acceptors (Lipinski definition) is 15. The zero-order valence-electron chi connectivity index (χ0n) is 56.9. The van der Waals surface area contributed by atoms with Crippen molar-refractivity contribution in [2.24, 2.45) is 5.92 Å². The lowest BCUT2D eigenvalue weighted by Crippen LogP contribution is -2.30. The third kappa shape index (κ3) is 62.8. The number of carbonyl (C=O) groups is 4. The van der Waals surface area contributed by atoms with Gasteiger partial charge in [0.2, 0.25) is 0 Å². The number of aliphatic hydroxyl groups excluding tert-OH is 1. The molecule has 3 N–H and O–H groups in total. The molecule has 88 heavy (non-hydrogen) atoms. The third-order valence-electron chi connectivity index (χ3n) is 16.0. The average molecular weight is 1300 g/mol. The highest BCUT2D eigenvalue weighted by atomic mass is 31.2. The van der Waals surface area contributed by atoms with Gasteiger partial charge in [-0.05, 0) is 31.6 Å². The van der Waals surface area contributed by atoms with Crippen LogP contribution in [0.4, 0.5) is 0 Å². The van der Waals surface area contributed by atoms with Crippen LogP contribution in [-0.4, -0.2) is 96.7 Å². The first-order valence-corrected chi connectivity index (χ1v) is 39.1. The highest BCUT2D eigenvalue weighted by molar-refractivity contribution is 7.47. The van der Waals surface area contributed by atoms with Gasteiger partial charge in [-0.1, -0.05) is 304 Å². The number of ether oxygens (including phenoxy) is 4. The van der Waals surface area contributed by atoms with E-state index in [1.807, 2.05) is 0 Å². The molecular formula is C69H134O17P2. The molecule has 19 heteroatoms. The Morgan fingerprint density at radius 1 is 0.307 bits per heavy atom. The number of unbranched alkanes of at least 4 members (excludes halogenated alkanes) is 41. The van der Waals surface area contributed by atoms with Crippen LogP contribution in [0.3, 0.4) is 0 Å². The van der Waals surface area contributed by atoms with Crippen molar-refractivity contribution in [1.29, 1.82) is 0 Å². The molecule has 0 spiro atoms.